The number of hydrogen-bond acceptors (Lipinski definition) is 2. The van der Waals surface area contributed by atoms with Gasteiger partial charge >= 0.3 is 0 Å². The molecule has 1 atom stereocenters. The maximum absolute atomic E-state index is 11.1. The Bertz CT molecular complexity index is 197. The molecular weight excluding hydrogens is 186 g/mol. The third-order valence-electron chi connectivity index (χ3n) is 3.56. The molecule has 0 aromatic rings. The highest BCUT2D eigenvalue weighted by molar-refractivity contribution is 5.76. The smallest absolute Gasteiger partial charge is 0.131 e. The topological polar surface area (TPSA) is 20.3 Å². The van der Waals surface area contributed by atoms with Gasteiger partial charge in [0, 0.05) is 18.5 Å². The van der Waals surface area contributed by atoms with Gasteiger partial charge in [-0.25, -0.2) is 0 Å². The average Bonchev–Trinajstić information content (AvgIpc) is 2.19. The minimum Gasteiger partial charge on any atom is -0.300 e. The minimum absolute atomic E-state index is 0.316. The molecule has 1 aliphatic carbocycles. The van der Waals surface area contributed by atoms with Crippen LogP contribution in [0.3, 0.4) is 0 Å². The first-order chi connectivity index (χ1) is 7.15. The zero-order valence-electron chi connectivity index (χ0n) is 10.5. The lowest BCUT2D eigenvalue weighted by atomic mass is 9.92. The Morgan fingerprint density at radius 2 is 1.93 bits per heavy atom. The predicted octanol–water partition coefficient (Wildman–Crippen LogP) is 3.01. The summed E-state index contributed by atoms with van der Waals surface area (Å²) in [5.41, 5.74) is 0. The van der Waals surface area contributed by atoms with Crippen molar-refractivity contribution >= 4 is 5.78 Å². The largest absolute Gasteiger partial charge is 0.300 e. The first-order valence-corrected chi connectivity index (χ1v) is 6.40. The van der Waals surface area contributed by atoms with E-state index < -0.39 is 0 Å². The second-order valence-electron chi connectivity index (χ2n) is 4.88. The molecule has 2 nitrogen and oxygen atoms in total. The fourth-order valence-electron chi connectivity index (χ4n) is 2.88. The van der Waals surface area contributed by atoms with E-state index in [-0.39, 0.29) is 0 Å². The minimum atomic E-state index is 0.316. The Hall–Kier alpha value is -0.370. The summed E-state index contributed by atoms with van der Waals surface area (Å²) in [7, 11) is 0. The second kappa shape index (κ2) is 6.26. The van der Waals surface area contributed by atoms with Crippen molar-refractivity contribution in [2.75, 3.05) is 6.54 Å². The number of Topliss-reactive ketones (excluding diaryl/α,β-unsaturated/α-hetero) is 1. The molecule has 1 fully saturated rings. The highest BCUT2D eigenvalue weighted by Gasteiger charge is 2.24. The highest BCUT2D eigenvalue weighted by atomic mass is 16.1. The summed E-state index contributed by atoms with van der Waals surface area (Å²) in [5, 5.41) is 0. The Morgan fingerprint density at radius 3 is 2.40 bits per heavy atom. The first kappa shape index (κ1) is 12.7. The van der Waals surface area contributed by atoms with E-state index in [1.807, 2.05) is 0 Å². The summed E-state index contributed by atoms with van der Waals surface area (Å²) in [6, 6.07) is 1.16. The van der Waals surface area contributed by atoms with Gasteiger partial charge in [-0.05, 0) is 33.2 Å². The van der Waals surface area contributed by atoms with Crippen molar-refractivity contribution in [1.82, 2.24) is 4.90 Å². The maximum Gasteiger partial charge on any atom is 0.131 e. The van der Waals surface area contributed by atoms with Crippen molar-refractivity contribution < 1.29 is 4.79 Å². The molecule has 1 aliphatic rings. The fourth-order valence-corrected chi connectivity index (χ4v) is 2.88. The molecule has 0 saturated heterocycles. The molecule has 88 valence electrons. The molecule has 1 saturated carbocycles. The molecule has 0 radical (unpaired) electrons. The monoisotopic (exact) mass is 211 g/mol. The lowest BCUT2D eigenvalue weighted by molar-refractivity contribution is -0.118. The molecule has 0 aliphatic heterocycles. The van der Waals surface area contributed by atoms with Crippen LogP contribution in [0, 0.1) is 0 Å². The molecule has 0 spiro atoms. The van der Waals surface area contributed by atoms with Gasteiger partial charge in [-0.2, -0.15) is 0 Å². The van der Waals surface area contributed by atoms with Gasteiger partial charge in [-0.1, -0.05) is 26.2 Å². The summed E-state index contributed by atoms with van der Waals surface area (Å²) in [6.07, 6.45) is 7.51. The van der Waals surface area contributed by atoms with E-state index in [0.29, 0.717) is 18.2 Å². The molecule has 1 rings (SSSR count). The van der Waals surface area contributed by atoms with E-state index >= 15 is 0 Å². The number of ketones is 1. The van der Waals surface area contributed by atoms with Crippen molar-refractivity contribution in [3.05, 3.63) is 0 Å². The van der Waals surface area contributed by atoms with Gasteiger partial charge in [0.05, 0.1) is 0 Å². The molecule has 0 bridgehead atoms. The normalized spacial score (nSPS) is 20.5. The van der Waals surface area contributed by atoms with Gasteiger partial charge in [-0.15, -0.1) is 0 Å². The van der Waals surface area contributed by atoms with E-state index in [1.165, 1.54) is 32.1 Å². The summed E-state index contributed by atoms with van der Waals surface area (Å²) < 4.78 is 0. The predicted molar refractivity (Wildman–Crippen MR) is 64.0 cm³/mol. The molecular formula is C13H25NO. The van der Waals surface area contributed by atoms with Gasteiger partial charge in [0.25, 0.3) is 0 Å². The van der Waals surface area contributed by atoms with Crippen molar-refractivity contribution in [3.8, 4) is 0 Å². The van der Waals surface area contributed by atoms with Crippen LogP contribution < -0.4 is 0 Å². The number of rotatable bonds is 5. The van der Waals surface area contributed by atoms with Crippen LogP contribution in [0.15, 0.2) is 0 Å². The van der Waals surface area contributed by atoms with Crippen LogP contribution in [-0.4, -0.2) is 29.3 Å². The van der Waals surface area contributed by atoms with Crippen LogP contribution in [0.2, 0.25) is 0 Å². The number of nitrogens with zero attached hydrogens (tertiary/aromatic N) is 1. The van der Waals surface area contributed by atoms with E-state index in [9.17, 15) is 4.79 Å². The van der Waals surface area contributed by atoms with Crippen molar-refractivity contribution in [3.63, 3.8) is 0 Å². The zero-order valence-corrected chi connectivity index (χ0v) is 10.5. The fraction of sp³-hybridized carbons (Fsp3) is 0.923. The van der Waals surface area contributed by atoms with Crippen LogP contribution in [0.1, 0.15) is 59.3 Å². The van der Waals surface area contributed by atoms with Gasteiger partial charge in [0.15, 0.2) is 0 Å². The second-order valence-corrected chi connectivity index (χ2v) is 4.88. The van der Waals surface area contributed by atoms with Crippen LogP contribution >= 0.6 is 0 Å². The van der Waals surface area contributed by atoms with Crippen LogP contribution in [-0.2, 0) is 4.79 Å². The Kier molecular flexibility index (Phi) is 5.30. The SMILES string of the molecule is CCN(C(C)CC(C)=O)C1CCCCC1. The Balaban J connectivity index is 2.48. The third-order valence-corrected chi connectivity index (χ3v) is 3.56. The van der Waals surface area contributed by atoms with Gasteiger partial charge in [-0.3, -0.25) is 9.69 Å². The Labute approximate surface area is 94.0 Å². The van der Waals surface area contributed by atoms with E-state index in [2.05, 4.69) is 18.7 Å². The number of carbonyl (C=O) groups excluding carboxylic acids is 1. The van der Waals surface area contributed by atoms with E-state index in [4.69, 9.17) is 0 Å². The summed E-state index contributed by atoms with van der Waals surface area (Å²) in [6.45, 7) is 7.19. The lowest BCUT2D eigenvalue weighted by Gasteiger charge is -2.37. The van der Waals surface area contributed by atoms with Crippen molar-refractivity contribution in [1.29, 1.82) is 0 Å². The third kappa shape index (κ3) is 3.94. The first-order valence-electron chi connectivity index (χ1n) is 6.40. The maximum atomic E-state index is 11.1. The number of hydrogen-bond donors (Lipinski definition) is 0. The quantitative estimate of drug-likeness (QED) is 0.696. The number of carbonyl (C=O) groups is 1. The van der Waals surface area contributed by atoms with E-state index in [1.54, 1.807) is 6.92 Å². The molecule has 0 aromatic heterocycles. The molecule has 2 heteroatoms. The highest BCUT2D eigenvalue weighted by Crippen LogP contribution is 2.24. The lowest BCUT2D eigenvalue weighted by Crippen LogP contribution is -2.43. The summed E-state index contributed by atoms with van der Waals surface area (Å²) >= 11 is 0. The van der Waals surface area contributed by atoms with Crippen LogP contribution in [0.25, 0.3) is 0 Å². The van der Waals surface area contributed by atoms with Gasteiger partial charge in [0.2, 0.25) is 0 Å². The van der Waals surface area contributed by atoms with Crippen molar-refractivity contribution in [2.24, 2.45) is 0 Å². The molecule has 15 heavy (non-hydrogen) atoms. The van der Waals surface area contributed by atoms with Crippen LogP contribution in [0.4, 0.5) is 0 Å². The average molecular weight is 211 g/mol. The van der Waals surface area contributed by atoms with Gasteiger partial charge < -0.3 is 0 Å². The van der Waals surface area contributed by atoms with Crippen LogP contribution in [0.5, 0.6) is 0 Å². The van der Waals surface area contributed by atoms with E-state index in [0.717, 1.165) is 12.6 Å². The molecule has 0 heterocycles. The standard InChI is InChI=1S/C13H25NO/c1-4-14(11(2)10-12(3)15)13-8-6-5-7-9-13/h11,13H,4-10H2,1-3H3. The van der Waals surface area contributed by atoms with Crippen molar-refractivity contribution in [2.45, 2.75) is 71.4 Å². The summed E-state index contributed by atoms with van der Waals surface area (Å²) in [5.74, 6) is 0.316. The van der Waals surface area contributed by atoms with Gasteiger partial charge in [0.1, 0.15) is 5.78 Å². The molecule has 0 aromatic carbocycles. The zero-order chi connectivity index (χ0) is 11.3. The Morgan fingerprint density at radius 1 is 1.33 bits per heavy atom. The molecule has 1 unspecified atom stereocenters. The molecule has 0 N–H and O–H groups in total. The molecule has 0 amide bonds. The summed E-state index contributed by atoms with van der Waals surface area (Å²) in [4.78, 5) is 13.7.